The molecule has 0 unspecified atom stereocenters. The molecule has 0 spiro atoms. The van der Waals surface area contributed by atoms with Crippen molar-refractivity contribution >= 4 is 34.7 Å². The summed E-state index contributed by atoms with van der Waals surface area (Å²) in [6, 6.07) is 1.13. The summed E-state index contributed by atoms with van der Waals surface area (Å²) in [5, 5.41) is 8.26. The Bertz CT molecular complexity index is 427. The van der Waals surface area contributed by atoms with Gasteiger partial charge in [-0.1, -0.05) is 12.8 Å². The van der Waals surface area contributed by atoms with E-state index in [2.05, 4.69) is 21.5 Å². The lowest BCUT2D eigenvalue weighted by atomic mass is 9.95. The van der Waals surface area contributed by atoms with Crippen molar-refractivity contribution in [3.63, 3.8) is 0 Å². The molecule has 4 rings (SSSR count). The first-order chi connectivity index (χ1) is 10.7. The molecule has 0 heterocycles. The van der Waals surface area contributed by atoms with Crippen LogP contribution in [-0.2, 0) is 0 Å². The molecular formula is C16H26N4S2. The van der Waals surface area contributed by atoms with Gasteiger partial charge in [-0.25, -0.2) is 0 Å². The zero-order valence-electron chi connectivity index (χ0n) is 12.9. The molecule has 0 aromatic carbocycles. The average molecular weight is 339 g/mol. The number of thiocarbonyl (C=S) groups is 2. The van der Waals surface area contributed by atoms with Gasteiger partial charge in [0.15, 0.2) is 10.2 Å². The van der Waals surface area contributed by atoms with Crippen molar-refractivity contribution in [2.45, 2.75) is 63.5 Å². The fraction of sp³-hybridized carbons (Fsp3) is 0.875. The van der Waals surface area contributed by atoms with Gasteiger partial charge in [0.05, 0.1) is 0 Å². The van der Waals surface area contributed by atoms with Crippen LogP contribution >= 0.6 is 24.4 Å². The summed E-state index contributed by atoms with van der Waals surface area (Å²) in [4.78, 5) is 0. The van der Waals surface area contributed by atoms with E-state index in [1.54, 1.807) is 0 Å². The van der Waals surface area contributed by atoms with Crippen molar-refractivity contribution in [2.75, 3.05) is 0 Å². The van der Waals surface area contributed by atoms with Gasteiger partial charge in [0.25, 0.3) is 0 Å². The highest BCUT2D eigenvalue weighted by atomic mass is 32.1. The van der Waals surface area contributed by atoms with E-state index >= 15 is 0 Å². The van der Waals surface area contributed by atoms with Crippen LogP contribution in [0.15, 0.2) is 0 Å². The molecule has 0 amide bonds. The average Bonchev–Trinajstić information content (AvgIpc) is 3.25. The van der Waals surface area contributed by atoms with E-state index in [9.17, 15) is 0 Å². The predicted molar refractivity (Wildman–Crippen MR) is 96.2 cm³/mol. The van der Waals surface area contributed by atoms with Crippen LogP contribution < -0.4 is 21.5 Å². The zero-order chi connectivity index (χ0) is 15.1. The molecule has 0 aromatic rings. The van der Waals surface area contributed by atoms with Crippen LogP contribution in [0.3, 0.4) is 0 Å². The third kappa shape index (κ3) is 3.04. The lowest BCUT2D eigenvalue weighted by molar-refractivity contribution is 0.385. The zero-order valence-corrected chi connectivity index (χ0v) is 14.6. The number of hydrogen-bond acceptors (Lipinski definition) is 2. The van der Waals surface area contributed by atoms with Gasteiger partial charge in [-0.3, -0.25) is 10.9 Å². The second-order valence-corrected chi connectivity index (χ2v) is 8.58. The number of nitrogens with one attached hydrogen (secondary N) is 4. The fourth-order valence-corrected chi connectivity index (χ4v) is 5.77. The normalized spacial score (nSPS) is 41.5. The molecule has 6 atom stereocenters. The minimum Gasteiger partial charge on any atom is -0.358 e. The van der Waals surface area contributed by atoms with Crippen LogP contribution in [0.2, 0.25) is 0 Å². The molecule has 0 aliphatic heterocycles. The van der Waals surface area contributed by atoms with E-state index in [4.69, 9.17) is 24.4 Å². The highest BCUT2D eigenvalue weighted by Gasteiger charge is 2.40. The minimum absolute atomic E-state index is 0.563. The molecule has 6 heteroatoms. The third-order valence-corrected chi connectivity index (χ3v) is 6.84. The third-order valence-electron chi connectivity index (χ3n) is 6.40. The maximum Gasteiger partial charge on any atom is 0.185 e. The van der Waals surface area contributed by atoms with Crippen molar-refractivity contribution in [1.29, 1.82) is 0 Å². The Morgan fingerprint density at radius 3 is 1.41 bits per heavy atom. The number of hydrogen-bond donors (Lipinski definition) is 4. The Morgan fingerprint density at radius 1 is 0.636 bits per heavy atom. The first-order valence-electron chi connectivity index (χ1n) is 8.80. The SMILES string of the molecule is S=C(NNC(=S)N[C@@H]1C[C@@H]2CC[C@@H]1C2)N[C@H]1C[C@@H]2CC[C@@H]1C2. The highest BCUT2D eigenvalue weighted by molar-refractivity contribution is 7.80. The summed E-state index contributed by atoms with van der Waals surface area (Å²) < 4.78 is 0. The molecule has 122 valence electrons. The minimum atomic E-state index is 0.563. The van der Waals surface area contributed by atoms with Crippen LogP contribution in [0, 0.1) is 23.7 Å². The Morgan fingerprint density at radius 2 is 1.09 bits per heavy atom. The first-order valence-corrected chi connectivity index (χ1v) is 9.62. The fourth-order valence-electron chi connectivity index (χ4n) is 5.37. The van der Waals surface area contributed by atoms with E-state index in [1.165, 1.54) is 51.4 Å². The van der Waals surface area contributed by atoms with Gasteiger partial charge in [-0.15, -0.1) is 0 Å². The van der Waals surface area contributed by atoms with Crippen LogP contribution in [0.4, 0.5) is 0 Å². The van der Waals surface area contributed by atoms with Crippen LogP contribution in [0.25, 0.3) is 0 Å². The molecule has 4 nitrogen and oxygen atoms in total. The summed E-state index contributed by atoms with van der Waals surface area (Å²) in [6.07, 6.45) is 10.9. The van der Waals surface area contributed by atoms with Gasteiger partial charge in [-0.2, -0.15) is 0 Å². The van der Waals surface area contributed by atoms with Crippen LogP contribution in [0.5, 0.6) is 0 Å². The molecular weight excluding hydrogens is 312 g/mol. The van der Waals surface area contributed by atoms with Gasteiger partial charge >= 0.3 is 0 Å². The Balaban J connectivity index is 1.16. The summed E-state index contributed by atoms with van der Waals surface area (Å²) in [6.45, 7) is 0. The Kier molecular flexibility index (Phi) is 4.15. The summed E-state index contributed by atoms with van der Waals surface area (Å²) >= 11 is 10.8. The van der Waals surface area contributed by atoms with Crippen molar-refractivity contribution in [3.8, 4) is 0 Å². The second-order valence-electron chi connectivity index (χ2n) is 7.76. The maximum atomic E-state index is 5.39. The van der Waals surface area contributed by atoms with Gasteiger partial charge in [0, 0.05) is 12.1 Å². The summed E-state index contributed by atoms with van der Waals surface area (Å²) in [7, 11) is 0. The largest absolute Gasteiger partial charge is 0.358 e. The summed E-state index contributed by atoms with van der Waals surface area (Å²) in [5.74, 6) is 3.50. The van der Waals surface area contributed by atoms with Crippen molar-refractivity contribution in [3.05, 3.63) is 0 Å². The van der Waals surface area contributed by atoms with E-state index in [0.29, 0.717) is 22.3 Å². The molecule has 0 radical (unpaired) electrons. The lowest BCUT2D eigenvalue weighted by Crippen LogP contribution is -2.54. The highest BCUT2D eigenvalue weighted by Crippen LogP contribution is 2.45. The van der Waals surface area contributed by atoms with Crippen molar-refractivity contribution in [1.82, 2.24) is 21.5 Å². The van der Waals surface area contributed by atoms with E-state index < -0.39 is 0 Å². The molecule has 4 fully saturated rings. The molecule has 4 aliphatic rings. The smallest absolute Gasteiger partial charge is 0.185 e. The molecule has 4 aliphatic carbocycles. The lowest BCUT2D eigenvalue weighted by Gasteiger charge is -2.26. The molecule has 0 aromatic heterocycles. The van der Waals surface area contributed by atoms with E-state index in [1.807, 2.05) is 0 Å². The van der Waals surface area contributed by atoms with E-state index in [0.717, 1.165) is 23.7 Å². The standard InChI is InChI=1S/C16H26N4S2/c21-15(17-13-7-9-1-3-11(13)5-9)19-20-16(22)18-14-8-10-2-4-12(14)6-10/h9-14H,1-8H2,(H2,17,19,21)(H2,18,20,22)/t9-,10-,11-,12-,13-,14+/m1/s1. The van der Waals surface area contributed by atoms with Gasteiger partial charge < -0.3 is 10.6 Å². The van der Waals surface area contributed by atoms with Gasteiger partial charge in [-0.05, 0) is 86.6 Å². The monoisotopic (exact) mass is 338 g/mol. The Hall–Kier alpha value is -0.620. The van der Waals surface area contributed by atoms with Crippen LogP contribution in [0.1, 0.15) is 51.4 Å². The predicted octanol–water partition coefficient (Wildman–Crippen LogP) is 2.21. The molecule has 4 N–H and O–H groups in total. The summed E-state index contributed by atoms with van der Waals surface area (Å²) in [5.41, 5.74) is 6.11. The van der Waals surface area contributed by atoms with E-state index in [-0.39, 0.29) is 0 Å². The number of rotatable bonds is 2. The topological polar surface area (TPSA) is 48.1 Å². The first kappa shape index (κ1) is 14.9. The van der Waals surface area contributed by atoms with Crippen molar-refractivity contribution < 1.29 is 0 Å². The molecule has 4 saturated carbocycles. The van der Waals surface area contributed by atoms with Crippen LogP contribution in [-0.4, -0.2) is 22.3 Å². The number of hydrazine groups is 1. The Labute approximate surface area is 143 Å². The quantitative estimate of drug-likeness (QED) is 0.457. The second kappa shape index (κ2) is 6.11. The van der Waals surface area contributed by atoms with Crippen molar-refractivity contribution in [2.24, 2.45) is 23.7 Å². The number of fused-ring (bicyclic) bond motifs is 4. The molecule has 0 saturated heterocycles. The molecule has 22 heavy (non-hydrogen) atoms. The maximum absolute atomic E-state index is 5.39. The van der Waals surface area contributed by atoms with Gasteiger partial charge in [0.1, 0.15) is 0 Å². The van der Waals surface area contributed by atoms with Gasteiger partial charge in [0.2, 0.25) is 0 Å². The molecule has 4 bridgehead atoms.